The van der Waals surface area contributed by atoms with Gasteiger partial charge >= 0.3 is 0 Å². The first-order valence-electron chi connectivity index (χ1n) is 6.76. The summed E-state index contributed by atoms with van der Waals surface area (Å²) in [5, 5.41) is 10.1. The summed E-state index contributed by atoms with van der Waals surface area (Å²) in [7, 11) is 0. The molecule has 0 bridgehead atoms. The minimum Gasteiger partial charge on any atom is -0.399 e. The van der Waals surface area contributed by atoms with Crippen LogP contribution in [0.5, 0.6) is 0 Å². The van der Waals surface area contributed by atoms with Crippen molar-refractivity contribution in [3.8, 4) is 0 Å². The Hall–Kier alpha value is -1.75. The molecule has 3 rings (SSSR count). The van der Waals surface area contributed by atoms with Gasteiger partial charge < -0.3 is 20.7 Å². The van der Waals surface area contributed by atoms with Crippen molar-refractivity contribution < 1.29 is 5.11 Å². The van der Waals surface area contributed by atoms with E-state index in [4.69, 9.17) is 5.73 Å². The highest BCUT2D eigenvalue weighted by Crippen LogP contribution is 2.25. The molecule has 5 heteroatoms. The summed E-state index contributed by atoms with van der Waals surface area (Å²) in [6.07, 6.45) is 2.59. The van der Waals surface area contributed by atoms with Crippen molar-refractivity contribution in [1.29, 1.82) is 0 Å². The third kappa shape index (κ3) is 2.51. The van der Waals surface area contributed by atoms with E-state index >= 15 is 0 Å². The molecule has 19 heavy (non-hydrogen) atoms. The Morgan fingerprint density at radius 1 is 1.37 bits per heavy atom. The van der Waals surface area contributed by atoms with Crippen LogP contribution in [0.3, 0.4) is 0 Å². The highest BCUT2D eigenvalue weighted by molar-refractivity contribution is 5.80. The van der Waals surface area contributed by atoms with Gasteiger partial charge in [0.2, 0.25) is 5.95 Å². The first-order chi connectivity index (χ1) is 9.03. The number of imidazole rings is 1. The van der Waals surface area contributed by atoms with E-state index in [0.29, 0.717) is 0 Å². The molecule has 2 aromatic rings. The highest BCUT2D eigenvalue weighted by Gasteiger charge is 2.26. The average Bonchev–Trinajstić information content (AvgIpc) is 2.67. The van der Waals surface area contributed by atoms with E-state index in [1.807, 2.05) is 25.1 Å². The molecule has 4 N–H and O–H groups in total. The topological polar surface area (TPSA) is 78.2 Å². The molecule has 5 nitrogen and oxygen atoms in total. The van der Waals surface area contributed by atoms with Crippen LogP contribution >= 0.6 is 0 Å². The lowest BCUT2D eigenvalue weighted by atomic mass is 9.98. The van der Waals surface area contributed by atoms with Gasteiger partial charge in [-0.1, -0.05) is 0 Å². The van der Waals surface area contributed by atoms with Crippen LogP contribution in [0, 0.1) is 0 Å². The van der Waals surface area contributed by atoms with E-state index in [2.05, 4.69) is 14.9 Å². The second-order valence-corrected chi connectivity index (χ2v) is 5.67. The summed E-state index contributed by atoms with van der Waals surface area (Å²) in [5.74, 6) is 0.873. The Labute approximate surface area is 112 Å². The molecule has 1 aromatic heterocycles. The Kier molecular flexibility index (Phi) is 2.86. The second-order valence-electron chi connectivity index (χ2n) is 5.67. The molecule has 0 aliphatic carbocycles. The standard InChI is InChI=1S/C14H20N4O/c1-14(19)5-2-7-18(8-6-14)13-16-11-4-3-10(15)9-12(11)17-13/h3-4,9,19H,2,5-8,15H2,1H3,(H,16,17). The van der Waals surface area contributed by atoms with Crippen molar-refractivity contribution in [3.63, 3.8) is 0 Å². The number of nitrogens with zero attached hydrogens (tertiary/aromatic N) is 2. The predicted molar refractivity (Wildman–Crippen MR) is 77.2 cm³/mol. The van der Waals surface area contributed by atoms with Gasteiger partial charge in [0.05, 0.1) is 16.6 Å². The minimum absolute atomic E-state index is 0.550. The number of aliphatic hydroxyl groups is 1. The number of hydrogen-bond donors (Lipinski definition) is 3. The van der Waals surface area contributed by atoms with Gasteiger partial charge in [-0.3, -0.25) is 0 Å². The van der Waals surface area contributed by atoms with Crippen molar-refractivity contribution in [2.24, 2.45) is 0 Å². The van der Waals surface area contributed by atoms with E-state index in [-0.39, 0.29) is 0 Å². The summed E-state index contributed by atoms with van der Waals surface area (Å²) in [5.41, 5.74) is 7.86. The normalized spacial score (nSPS) is 24.6. The monoisotopic (exact) mass is 260 g/mol. The molecule has 1 saturated heterocycles. The summed E-state index contributed by atoms with van der Waals surface area (Å²) >= 11 is 0. The number of nitrogens with two attached hydrogens (primary N) is 1. The zero-order valence-corrected chi connectivity index (χ0v) is 11.2. The molecule has 2 heterocycles. The number of rotatable bonds is 1. The number of nitrogen functional groups attached to an aromatic ring is 1. The van der Waals surface area contributed by atoms with Crippen LogP contribution in [0.1, 0.15) is 26.2 Å². The number of aromatic nitrogens is 2. The van der Waals surface area contributed by atoms with Gasteiger partial charge in [-0.2, -0.15) is 0 Å². The van der Waals surface area contributed by atoms with Crippen molar-refractivity contribution in [1.82, 2.24) is 9.97 Å². The Balaban J connectivity index is 1.87. The van der Waals surface area contributed by atoms with Crippen LogP contribution in [0.2, 0.25) is 0 Å². The van der Waals surface area contributed by atoms with E-state index in [9.17, 15) is 5.11 Å². The van der Waals surface area contributed by atoms with Gasteiger partial charge in [0.1, 0.15) is 0 Å². The Morgan fingerprint density at radius 3 is 3.05 bits per heavy atom. The van der Waals surface area contributed by atoms with Gasteiger partial charge in [-0.25, -0.2) is 4.98 Å². The summed E-state index contributed by atoms with van der Waals surface area (Å²) in [6.45, 7) is 3.66. The third-order valence-electron chi connectivity index (χ3n) is 3.86. The number of H-pyrrole nitrogens is 1. The SMILES string of the molecule is CC1(O)CCCN(c2nc3ccc(N)cc3[nH]2)CC1. The van der Waals surface area contributed by atoms with Crippen LogP contribution in [0.15, 0.2) is 18.2 Å². The summed E-state index contributed by atoms with van der Waals surface area (Å²) in [6, 6.07) is 5.69. The maximum absolute atomic E-state index is 10.1. The molecule has 1 fully saturated rings. The predicted octanol–water partition coefficient (Wildman–Crippen LogP) is 1.89. The van der Waals surface area contributed by atoms with Crippen molar-refractivity contribution >= 4 is 22.7 Å². The molecule has 0 spiro atoms. The highest BCUT2D eigenvalue weighted by atomic mass is 16.3. The Bertz CT molecular complexity index is 590. The summed E-state index contributed by atoms with van der Waals surface area (Å²) in [4.78, 5) is 10.1. The lowest BCUT2D eigenvalue weighted by Crippen LogP contribution is -2.28. The molecule has 1 unspecified atom stereocenters. The first kappa shape index (κ1) is 12.3. The molecule has 102 valence electrons. The smallest absolute Gasteiger partial charge is 0.203 e. The summed E-state index contributed by atoms with van der Waals surface area (Å²) < 4.78 is 0. The van der Waals surface area contributed by atoms with Crippen LogP contribution in [0.4, 0.5) is 11.6 Å². The zero-order chi connectivity index (χ0) is 13.5. The minimum atomic E-state index is -0.550. The van der Waals surface area contributed by atoms with Gasteiger partial charge in [0.15, 0.2) is 0 Å². The van der Waals surface area contributed by atoms with Crippen LogP contribution in [0.25, 0.3) is 11.0 Å². The number of anilines is 2. The van der Waals surface area contributed by atoms with E-state index in [1.165, 1.54) is 0 Å². The molecule has 1 aliphatic rings. The largest absolute Gasteiger partial charge is 0.399 e. The number of hydrogen-bond acceptors (Lipinski definition) is 4. The molecule has 0 radical (unpaired) electrons. The van der Waals surface area contributed by atoms with E-state index < -0.39 is 5.60 Å². The number of aromatic amines is 1. The zero-order valence-electron chi connectivity index (χ0n) is 11.2. The molecule has 1 atom stereocenters. The molecular weight excluding hydrogens is 240 g/mol. The van der Waals surface area contributed by atoms with Gasteiger partial charge in [0.25, 0.3) is 0 Å². The molecule has 0 saturated carbocycles. The first-order valence-corrected chi connectivity index (χ1v) is 6.76. The number of nitrogens with one attached hydrogen (secondary N) is 1. The second kappa shape index (κ2) is 4.42. The fourth-order valence-corrected chi connectivity index (χ4v) is 2.64. The number of benzene rings is 1. The van der Waals surface area contributed by atoms with Crippen LogP contribution < -0.4 is 10.6 Å². The quantitative estimate of drug-likeness (QED) is 0.684. The lowest BCUT2D eigenvalue weighted by molar-refractivity contribution is 0.0481. The van der Waals surface area contributed by atoms with Crippen LogP contribution in [-0.4, -0.2) is 33.8 Å². The average molecular weight is 260 g/mol. The van der Waals surface area contributed by atoms with E-state index in [0.717, 1.165) is 55.0 Å². The Morgan fingerprint density at radius 2 is 2.21 bits per heavy atom. The molecule has 1 aliphatic heterocycles. The number of fused-ring (bicyclic) bond motifs is 1. The maximum atomic E-state index is 10.1. The molecule has 1 aromatic carbocycles. The van der Waals surface area contributed by atoms with Crippen molar-refractivity contribution in [2.45, 2.75) is 31.8 Å². The lowest BCUT2D eigenvalue weighted by Gasteiger charge is -2.21. The maximum Gasteiger partial charge on any atom is 0.203 e. The molecule has 0 amide bonds. The molecular formula is C14H20N4O. The third-order valence-corrected chi connectivity index (χ3v) is 3.86. The van der Waals surface area contributed by atoms with Gasteiger partial charge in [-0.15, -0.1) is 0 Å². The van der Waals surface area contributed by atoms with Crippen molar-refractivity contribution in [3.05, 3.63) is 18.2 Å². The fourth-order valence-electron chi connectivity index (χ4n) is 2.64. The van der Waals surface area contributed by atoms with Gasteiger partial charge in [0, 0.05) is 18.8 Å². The fraction of sp³-hybridized carbons (Fsp3) is 0.500. The van der Waals surface area contributed by atoms with E-state index in [1.54, 1.807) is 0 Å². The van der Waals surface area contributed by atoms with Crippen LogP contribution in [-0.2, 0) is 0 Å². The van der Waals surface area contributed by atoms with Crippen molar-refractivity contribution in [2.75, 3.05) is 23.7 Å². The van der Waals surface area contributed by atoms with Gasteiger partial charge in [-0.05, 0) is 44.4 Å².